The van der Waals surface area contributed by atoms with Gasteiger partial charge in [-0.05, 0) is 38.8 Å². The highest BCUT2D eigenvalue weighted by Crippen LogP contribution is 2.32. The summed E-state index contributed by atoms with van der Waals surface area (Å²) >= 11 is 0. The average Bonchev–Trinajstić information content (AvgIpc) is 3.12. The molecular formula is C18H21FN6. The number of hydrogen-bond acceptors (Lipinski definition) is 5. The van der Waals surface area contributed by atoms with Crippen molar-refractivity contribution in [1.82, 2.24) is 24.7 Å². The molecule has 0 amide bonds. The Labute approximate surface area is 145 Å². The number of aromatic nitrogens is 5. The standard InChI is InChI=1S/C18H21FN6/c1-12(2)25-11-22-23-17(25)13-6-8-24(9-7-13)18-14-4-3-5-15(19)16(14)20-10-21-18/h3-5,10-13H,6-9H2,1-2H3. The molecule has 0 aliphatic carbocycles. The summed E-state index contributed by atoms with van der Waals surface area (Å²) in [7, 11) is 0. The van der Waals surface area contributed by atoms with Crippen molar-refractivity contribution < 1.29 is 4.39 Å². The van der Waals surface area contributed by atoms with Crippen molar-refractivity contribution in [2.24, 2.45) is 0 Å². The predicted molar refractivity (Wildman–Crippen MR) is 94.1 cm³/mol. The van der Waals surface area contributed by atoms with E-state index >= 15 is 0 Å². The van der Waals surface area contributed by atoms with Crippen molar-refractivity contribution in [3.8, 4) is 0 Å². The van der Waals surface area contributed by atoms with Crippen molar-refractivity contribution >= 4 is 16.7 Å². The molecule has 1 aromatic carbocycles. The van der Waals surface area contributed by atoms with E-state index in [-0.39, 0.29) is 5.82 Å². The Kier molecular flexibility index (Phi) is 4.07. The molecule has 1 fully saturated rings. The molecule has 6 nitrogen and oxygen atoms in total. The molecule has 0 saturated carbocycles. The van der Waals surface area contributed by atoms with Gasteiger partial charge in [0.2, 0.25) is 0 Å². The van der Waals surface area contributed by atoms with Crippen LogP contribution in [0.4, 0.5) is 10.2 Å². The molecule has 0 atom stereocenters. The van der Waals surface area contributed by atoms with Gasteiger partial charge >= 0.3 is 0 Å². The molecule has 130 valence electrons. The number of anilines is 1. The zero-order chi connectivity index (χ0) is 17.4. The second kappa shape index (κ2) is 6.38. The highest BCUT2D eigenvalue weighted by Gasteiger charge is 2.26. The summed E-state index contributed by atoms with van der Waals surface area (Å²) in [5.41, 5.74) is 0.383. The maximum atomic E-state index is 14.0. The van der Waals surface area contributed by atoms with Crippen LogP contribution in [0.5, 0.6) is 0 Å². The van der Waals surface area contributed by atoms with Crippen LogP contribution >= 0.6 is 0 Å². The molecule has 7 heteroatoms. The van der Waals surface area contributed by atoms with E-state index in [9.17, 15) is 4.39 Å². The first kappa shape index (κ1) is 15.9. The van der Waals surface area contributed by atoms with Gasteiger partial charge in [0.05, 0.1) is 0 Å². The highest BCUT2D eigenvalue weighted by atomic mass is 19.1. The minimum Gasteiger partial charge on any atom is -0.356 e. The third-order valence-corrected chi connectivity index (χ3v) is 4.91. The number of hydrogen-bond donors (Lipinski definition) is 0. The lowest BCUT2D eigenvalue weighted by Gasteiger charge is -2.33. The fourth-order valence-electron chi connectivity index (χ4n) is 3.58. The van der Waals surface area contributed by atoms with Gasteiger partial charge in [0.1, 0.15) is 35.6 Å². The molecular weight excluding hydrogens is 319 g/mol. The summed E-state index contributed by atoms with van der Waals surface area (Å²) in [5, 5.41) is 9.19. The summed E-state index contributed by atoms with van der Waals surface area (Å²) in [6.07, 6.45) is 5.22. The van der Waals surface area contributed by atoms with Crippen LogP contribution in [0.15, 0.2) is 30.9 Å². The van der Waals surface area contributed by atoms with Crippen LogP contribution < -0.4 is 4.90 Å². The van der Waals surface area contributed by atoms with Gasteiger partial charge in [0.15, 0.2) is 0 Å². The summed E-state index contributed by atoms with van der Waals surface area (Å²) < 4.78 is 16.1. The van der Waals surface area contributed by atoms with E-state index in [1.165, 1.54) is 12.4 Å². The van der Waals surface area contributed by atoms with E-state index in [2.05, 4.69) is 43.5 Å². The van der Waals surface area contributed by atoms with Crippen molar-refractivity contribution in [2.45, 2.75) is 38.6 Å². The molecule has 2 aromatic heterocycles. The predicted octanol–water partition coefficient (Wildman–Crippen LogP) is 3.33. The van der Waals surface area contributed by atoms with Crippen molar-refractivity contribution in [3.63, 3.8) is 0 Å². The maximum absolute atomic E-state index is 14.0. The van der Waals surface area contributed by atoms with Gasteiger partial charge in [-0.2, -0.15) is 0 Å². The Morgan fingerprint density at radius 1 is 1.16 bits per heavy atom. The van der Waals surface area contributed by atoms with E-state index in [1.54, 1.807) is 6.07 Å². The number of piperidine rings is 1. The van der Waals surface area contributed by atoms with Crippen molar-refractivity contribution in [3.05, 3.63) is 42.5 Å². The van der Waals surface area contributed by atoms with E-state index in [4.69, 9.17) is 0 Å². The second-order valence-electron chi connectivity index (χ2n) is 6.78. The number of benzene rings is 1. The second-order valence-corrected chi connectivity index (χ2v) is 6.78. The van der Waals surface area contributed by atoms with E-state index in [1.807, 2.05) is 12.4 Å². The fourth-order valence-corrected chi connectivity index (χ4v) is 3.58. The first-order valence-electron chi connectivity index (χ1n) is 8.68. The van der Waals surface area contributed by atoms with E-state index in [0.717, 1.165) is 43.0 Å². The van der Waals surface area contributed by atoms with Crippen molar-refractivity contribution in [1.29, 1.82) is 0 Å². The molecule has 0 radical (unpaired) electrons. The number of halogens is 1. The number of fused-ring (bicyclic) bond motifs is 1. The molecule has 1 saturated heterocycles. The lowest BCUT2D eigenvalue weighted by molar-refractivity contribution is 0.448. The first-order chi connectivity index (χ1) is 12.1. The quantitative estimate of drug-likeness (QED) is 0.732. The van der Waals surface area contributed by atoms with Crippen LogP contribution in [-0.2, 0) is 0 Å². The fraction of sp³-hybridized carbons (Fsp3) is 0.444. The largest absolute Gasteiger partial charge is 0.356 e. The summed E-state index contributed by atoms with van der Waals surface area (Å²) in [4.78, 5) is 10.7. The molecule has 4 rings (SSSR count). The number of para-hydroxylation sites is 1. The summed E-state index contributed by atoms with van der Waals surface area (Å²) in [5.74, 6) is 1.97. The SMILES string of the molecule is CC(C)n1cnnc1C1CCN(c2ncnc3c(F)cccc23)CC1. The smallest absolute Gasteiger partial charge is 0.149 e. The van der Waals surface area contributed by atoms with Crippen LogP contribution in [0, 0.1) is 5.82 Å². The third kappa shape index (κ3) is 2.83. The van der Waals surface area contributed by atoms with Crippen LogP contribution in [0.25, 0.3) is 10.9 Å². The average molecular weight is 340 g/mol. The van der Waals surface area contributed by atoms with Crippen LogP contribution in [-0.4, -0.2) is 37.8 Å². The molecule has 3 heterocycles. The molecule has 0 N–H and O–H groups in total. The molecule has 0 unspecified atom stereocenters. The first-order valence-corrected chi connectivity index (χ1v) is 8.68. The Hall–Kier alpha value is -2.57. The number of nitrogens with zero attached hydrogens (tertiary/aromatic N) is 6. The Bertz CT molecular complexity index is 882. The molecule has 3 aromatic rings. The Balaban J connectivity index is 1.57. The van der Waals surface area contributed by atoms with Gasteiger partial charge in [-0.3, -0.25) is 0 Å². The molecule has 1 aliphatic heterocycles. The third-order valence-electron chi connectivity index (χ3n) is 4.91. The van der Waals surface area contributed by atoms with Gasteiger partial charge in [0.25, 0.3) is 0 Å². The van der Waals surface area contributed by atoms with Gasteiger partial charge in [-0.25, -0.2) is 14.4 Å². The van der Waals surface area contributed by atoms with Crippen molar-refractivity contribution in [2.75, 3.05) is 18.0 Å². The molecule has 0 bridgehead atoms. The van der Waals surface area contributed by atoms with Gasteiger partial charge in [0, 0.05) is 30.4 Å². The maximum Gasteiger partial charge on any atom is 0.149 e. The zero-order valence-electron chi connectivity index (χ0n) is 14.4. The molecule has 25 heavy (non-hydrogen) atoms. The Morgan fingerprint density at radius 3 is 2.72 bits per heavy atom. The lowest BCUT2D eigenvalue weighted by Crippen LogP contribution is -2.34. The normalized spacial score (nSPS) is 16.1. The lowest BCUT2D eigenvalue weighted by atomic mass is 9.95. The Morgan fingerprint density at radius 2 is 1.96 bits per heavy atom. The minimum absolute atomic E-state index is 0.305. The topological polar surface area (TPSA) is 59.7 Å². The number of rotatable bonds is 3. The summed E-state index contributed by atoms with van der Waals surface area (Å²) in [6, 6.07) is 5.39. The van der Waals surface area contributed by atoms with Gasteiger partial charge in [-0.1, -0.05) is 6.07 Å². The molecule has 0 spiro atoms. The highest BCUT2D eigenvalue weighted by molar-refractivity contribution is 5.89. The van der Waals surface area contributed by atoms with Gasteiger partial charge in [-0.15, -0.1) is 10.2 Å². The van der Waals surface area contributed by atoms with Gasteiger partial charge < -0.3 is 9.47 Å². The minimum atomic E-state index is -0.305. The summed E-state index contributed by atoms with van der Waals surface area (Å²) in [6.45, 7) is 6.00. The zero-order valence-corrected chi connectivity index (χ0v) is 14.4. The van der Waals surface area contributed by atoms with E-state index in [0.29, 0.717) is 17.5 Å². The monoisotopic (exact) mass is 340 g/mol. The van der Waals surface area contributed by atoms with Crippen LogP contribution in [0.1, 0.15) is 44.5 Å². The van der Waals surface area contributed by atoms with E-state index < -0.39 is 0 Å². The van der Waals surface area contributed by atoms with Crippen LogP contribution in [0.2, 0.25) is 0 Å². The van der Waals surface area contributed by atoms with Crippen LogP contribution in [0.3, 0.4) is 0 Å². The molecule has 1 aliphatic rings.